The van der Waals surface area contributed by atoms with Gasteiger partial charge < -0.3 is 4.57 Å². The van der Waals surface area contributed by atoms with Crippen molar-refractivity contribution in [2.45, 2.75) is 6.54 Å². The van der Waals surface area contributed by atoms with Crippen LogP contribution in [0.3, 0.4) is 0 Å². The van der Waals surface area contributed by atoms with Crippen molar-refractivity contribution in [2.24, 2.45) is 7.05 Å². The lowest BCUT2D eigenvalue weighted by atomic mass is 10.1. The third kappa shape index (κ3) is 1.88. The number of Topliss-reactive ketones (excluding diaryl/α,β-unsaturated/α-hetero) is 1. The van der Waals surface area contributed by atoms with Gasteiger partial charge in [-0.25, -0.2) is 4.98 Å². The normalized spacial score (nSPS) is 14.1. The number of carbonyl (C=O) groups excluding carboxylic acids is 2. The predicted octanol–water partition coefficient (Wildman–Crippen LogP) is 1.91. The molecule has 0 N–H and O–H groups in total. The zero-order valence-corrected chi connectivity index (χ0v) is 11.7. The number of halogens is 1. The summed E-state index contributed by atoms with van der Waals surface area (Å²) < 4.78 is 2.61. The van der Waals surface area contributed by atoms with Gasteiger partial charge in [-0.2, -0.15) is 0 Å². The molecule has 19 heavy (non-hydrogen) atoms. The first kappa shape index (κ1) is 12.1. The van der Waals surface area contributed by atoms with E-state index in [1.54, 1.807) is 24.7 Å². The van der Waals surface area contributed by atoms with Crippen molar-refractivity contribution in [3.63, 3.8) is 0 Å². The number of benzene rings is 1. The van der Waals surface area contributed by atoms with Crippen LogP contribution in [0.2, 0.25) is 0 Å². The fourth-order valence-electron chi connectivity index (χ4n) is 2.13. The molecule has 0 fully saturated rings. The zero-order chi connectivity index (χ0) is 13.6. The molecule has 0 saturated carbocycles. The molecule has 0 bridgehead atoms. The van der Waals surface area contributed by atoms with E-state index in [1.807, 2.05) is 17.7 Å². The van der Waals surface area contributed by atoms with Crippen LogP contribution in [-0.4, -0.2) is 21.2 Å². The van der Waals surface area contributed by atoms with Crippen LogP contribution in [0.25, 0.3) is 0 Å². The van der Waals surface area contributed by atoms with E-state index in [0.29, 0.717) is 17.8 Å². The van der Waals surface area contributed by atoms with Crippen molar-refractivity contribution in [2.75, 3.05) is 4.90 Å². The maximum Gasteiger partial charge on any atom is 0.299 e. The molecule has 2 heterocycles. The van der Waals surface area contributed by atoms with E-state index in [4.69, 9.17) is 0 Å². The number of carbonyl (C=O) groups is 2. The van der Waals surface area contributed by atoms with Crippen LogP contribution in [-0.2, 0) is 18.4 Å². The van der Waals surface area contributed by atoms with Crippen molar-refractivity contribution >= 4 is 33.3 Å². The van der Waals surface area contributed by atoms with E-state index < -0.39 is 11.7 Å². The molecule has 0 unspecified atom stereocenters. The fraction of sp³-hybridized carbons (Fsp3) is 0.154. The summed E-state index contributed by atoms with van der Waals surface area (Å²) in [5.41, 5.74) is 1.97. The van der Waals surface area contributed by atoms with Crippen molar-refractivity contribution < 1.29 is 9.59 Å². The second-order valence-electron chi connectivity index (χ2n) is 4.38. The minimum absolute atomic E-state index is 0.343. The molecule has 0 saturated heterocycles. The first-order valence-corrected chi connectivity index (χ1v) is 6.48. The summed E-state index contributed by atoms with van der Waals surface area (Å²) in [5.74, 6) is -0.951. The van der Waals surface area contributed by atoms with Gasteiger partial charge in [0, 0.05) is 17.7 Å². The van der Waals surface area contributed by atoms with Crippen LogP contribution in [0.4, 0.5) is 5.69 Å². The van der Waals surface area contributed by atoms with Crippen molar-refractivity contribution in [1.82, 2.24) is 9.55 Å². The second kappa shape index (κ2) is 4.31. The maximum absolute atomic E-state index is 12.0. The molecule has 1 aliphatic heterocycles. The number of hydrogen-bond acceptors (Lipinski definition) is 3. The second-order valence-corrected chi connectivity index (χ2v) is 5.29. The lowest BCUT2D eigenvalue weighted by Gasteiger charge is -2.16. The molecule has 1 aromatic heterocycles. The summed E-state index contributed by atoms with van der Waals surface area (Å²) in [6, 6.07) is 5.28. The van der Waals surface area contributed by atoms with Gasteiger partial charge >= 0.3 is 0 Å². The van der Waals surface area contributed by atoms with E-state index in [9.17, 15) is 9.59 Å². The van der Waals surface area contributed by atoms with E-state index in [1.165, 1.54) is 4.90 Å². The number of nitrogens with zero attached hydrogens (tertiary/aromatic N) is 3. The molecule has 0 spiro atoms. The smallest absolute Gasteiger partial charge is 0.299 e. The Kier molecular flexibility index (Phi) is 2.74. The van der Waals surface area contributed by atoms with Gasteiger partial charge in [-0.1, -0.05) is 15.9 Å². The van der Waals surface area contributed by atoms with Gasteiger partial charge in [-0.05, 0) is 18.2 Å². The van der Waals surface area contributed by atoms with Gasteiger partial charge in [0.1, 0.15) is 0 Å². The monoisotopic (exact) mass is 319 g/mol. The molecular formula is C13H10BrN3O2. The number of aryl methyl sites for hydroxylation is 1. The molecule has 2 aromatic rings. The number of imidazole rings is 1. The Morgan fingerprint density at radius 2 is 2.11 bits per heavy atom. The van der Waals surface area contributed by atoms with Crippen LogP contribution in [0.1, 0.15) is 16.1 Å². The Hall–Kier alpha value is -1.95. The van der Waals surface area contributed by atoms with E-state index in [2.05, 4.69) is 20.9 Å². The zero-order valence-electron chi connectivity index (χ0n) is 10.1. The molecule has 0 radical (unpaired) electrons. The van der Waals surface area contributed by atoms with Gasteiger partial charge in [0.05, 0.1) is 29.8 Å². The van der Waals surface area contributed by atoms with Crippen LogP contribution in [0.15, 0.2) is 35.2 Å². The van der Waals surface area contributed by atoms with Crippen molar-refractivity contribution in [3.05, 3.63) is 46.5 Å². The Labute approximate surface area is 118 Å². The highest BCUT2D eigenvalue weighted by Gasteiger charge is 2.36. The Morgan fingerprint density at radius 3 is 2.79 bits per heavy atom. The SMILES string of the molecule is Cn1cncc1CN1C(=O)C(=O)c2cc(Br)ccc21. The van der Waals surface area contributed by atoms with Gasteiger partial charge in [0.25, 0.3) is 11.7 Å². The first-order chi connectivity index (χ1) is 9.08. The number of aromatic nitrogens is 2. The highest BCUT2D eigenvalue weighted by atomic mass is 79.9. The molecule has 5 nitrogen and oxygen atoms in total. The minimum atomic E-state index is -0.491. The Bertz CT molecular complexity index is 693. The largest absolute Gasteiger partial charge is 0.336 e. The predicted molar refractivity (Wildman–Crippen MR) is 72.9 cm³/mol. The van der Waals surface area contributed by atoms with Crippen LogP contribution in [0, 0.1) is 0 Å². The molecule has 1 amide bonds. The standard InChI is InChI=1S/C13H10BrN3O2/c1-16-7-15-5-9(16)6-17-11-3-2-8(14)4-10(11)12(18)13(17)19/h2-5,7H,6H2,1H3. The number of amides is 1. The topological polar surface area (TPSA) is 55.2 Å². The maximum atomic E-state index is 12.0. The summed E-state index contributed by atoms with van der Waals surface area (Å²) >= 11 is 3.31. The number of fused-ring (bicyclic) bond motifs is 1. The summed E-state index contributed by atoms with van der Waals surface area (Å²) in [6.07, 6.45) is 3.36. The number of anilines is 1. The molecule has 96 valence electrons. The molecule has 6 heteroatoms. The lowest BCUT2D eigenvalue weighted by Crippen LogP contribution is -2.29. The third-order valence-electron chi connectivity index (χ3n) is 3.17. The highest BCUT2D eigenvalue weighted by Crippen LogP contribution is 2.32. The molecule has 1 aliphatic rings. The number of hydrogen-bond donors (Lipinski definition) is 0. The lowest BCUT2D eigenvalue weighted by molar-refractivity contribution is -0.114. The average molecular weight is 320 g/mol. The minimum Gasteiger partial charge on any atom is -0.336 e. The molecule has 0 atom stereocenters. The highest BCUT2D eigenvalue weighted by molar-refractivity contribution is 9.10. The van der Waals surface area contributed by atoms with Gasteiger partial charge in [0.15, 0.2) is 0 Å². The quantitative estimate of drug-likeness (QED) is 0.794. The van der Waals surface area contributed by atoms with Crippen LogP contribution in [0.5, 0.6) is 0 Å². The summed E-state index contributed by atoms with van der Waals surface area (Å²) in [4.78, 5) is 29.5. The fourth-order valence-corrected chi connectivity index (χ4v) is 2.49. The van der Waals surface area contributed by atoms with E-state index in [0.717, 1.165) is 10.2 Å². The van der Waals surface area contributed by atoms with Crippen LogP contribution >= 0.6 is 15.9 Å². The number of rotatable bonds is 2. The molecule has 0 aliphatic carbocycles. The molecule has 1 aromatic carbocycles. The summed E-state index contributed by atoms with van der Waals surface area (Å²) in [6.45, 7) is 0.343. The summed E-state index contributed by atoms with van der Waals surface area (Å²) in [5, 5.41) is 0. The molecular weight excluding hydrogens is 310 g/mol. The van der Waals surface area contributed by atoms with Gasteiger partial charge in [0.2, 0.25) is 0 Å². The Morgan fingerprint density at radius 1 is 1.32 bits per heavy atom. The Balaban J connectivity index is 2.02. The van der Waals surface area contributed by atoms with Gasteiger partial charge in [-0.3, -0.25) is 14.5 Å². The van der Waals surface area contributed by atoms with E-state index in [-0.39, 0.29) is 0 Å². The number of ketones is 1. The van der Waals surface area contributed by atoms with Gasteiger partial charge in [-0.15, -0.1) is 0 Å². The van der Waals surface area contributed by atoms with Crippen molar-refractivity contribution in [3.8, 4) is 0 Å². The average Bonchev–Trinajstić information content (AvgIpc) is 2.88. The third-order valence-corrected chi connectivity index (χ3v) is 3.66. The summed E-state index contributed by atoms with van der Waals surface area (Å²) in [7, 11) is 1.85. The van der Waals surface area contributed by atoms with E-state index >= 15 is 0 Å². The molecule has 3 rings (SSSR count). The van der Waals surface area contributed by atoms with Crippen LogP contribution < -0.4 is 4.90 Å². The van der Waals surface area contributed by atoms with Crippen molar-refractivity contribution in [1.29, 1.82) is 0 Å². The first-order valence-electron chi connectivity index (χ1n) is 5.69.